The predicted molar refractivity (Wildman–Crippen MR) is 143 cm³/mol. The van der Waals surface area contributed by atoms with Crippen LogP contribution in [0, 0.1) is 0 Å². The number of benzene rings is 2. The van der Waals surface area contributed by atoms with Gasteiger partial charge in [0.25, 0.3) is 5.91 Å². The number of amides is 1. The highest BCUT2D eigenvalue weighted by Gasteiger charge is 2.23. The van der Waals surface area contributed by atoms with Gasteiger partial charge in [-0.25, -0.2) is 0 Å². The zero-order valence-corrected chi connectivity index (χ0v) is 22.1. The van der Waals surface area contributed by atoms with Gasteiger partial charge in [0.1, 0.15) is 5.75 Å². The largest absolute Gasteiger partial charge is 0.484 e. The molecule has 1 saturated carbocycles. The molecule has 6 nitrogen and oxygen atoms in total. The van der Waals surface area contributed by atoms with E-state index in [-0.39, 0.29) is 36.5 Å². The Morgan fingerprint density at radius 1 is 1.12 bits per heavy atom. The van der Waals surface area contributed by atoms with Crippen LogP contribution in [-0.2, 0) is 17.8 Å². The van der Waals surface area contributed by atoms with Crippen LogP contribution < -0.4 is 15.4 Å². The van der Waals surface area contributed by atoms with E-state index in [4.69, 9.17) is 4.74 Å². The Labute approximate surface area is 212 Å². The molecule has 8 heteroatoms. The molecule has 0 aliphatic heterocycles. The minimum Gasteiger partial charge on any atom is -0.484 e. The molecule has 2 aromatic rings. The second-order valence-corrected chi connectivity index (χ2v) is 8.58. The van der Waals surface area contributed by atoms with Crippen LogP contribution in [0.3, 0.4) is 0 Å². The van der Waals surface area contributed by atoms with E-state index in [0.717, 1.165) is 38.3 Å². The van der Waals surface area contributed by atoms with Crippen molar-refractivity contribution >= 4 is 47.6 Å². The summed E-state index contributed by atoms with van der Waals surface area (Å²) in [5.74, 6) is 1.53. The summed E-state index contributed by atoms with van der Waals surface area (Å²) in [7, 11) is 3.85. The van der Waals surface area contributed by atoms with Crippen LogP contribution in [0.15, 0.2) is 58.4 Å². The van der Waals surface area contributed by atoms with Gasteiger partial charge in [0.05, 0.1) is 0 Å². The van der Waals surface area contributed by atoms with Crippen LogP contribution in [0.2, 0.25) is 0 Å². The number of carbonyl (C=O) groups excluding carboxylic acids is 1. The molecule has 1 amide bonds. The third-order valence-electron chi connectivity index (χ3n) is 5.08. The molecule has 1 aliphatic carbocycles. The number of hydrogen-bond acceptors (Lipinski definition) is 4. The van der Waals surface area contributed by atoms with Crippen LogP contribution in [0.4, 0.5) is 0 Å². The first-order chi connectivity index (χ1) is 15.1. The van der Waals surface area contributed by atoms with Crippen LogP contribution in [0.25, 0.3) is 0 Å². The van der Waals surface area contributed by atoms with Crippen molar-refractivity contribution in [3.05, 3.63) is 59.7 Å². The average Bonchev–Trinajstić information content (AvgIpc) is 3.60. The fraction of sp³-hybridized carbons (Fsp3) is 0.417. The summed E-state index contributed by atoms with van der Waals surface area (Å²) in [5.41, 5.74) is 2.46. The van der Waals surface area contributed by atoms with Crippen molar-refractivity contribution in [1.82, 2.24) is 15.5 Å². The Morgan fingerprint density at radius 2 is 1.78 bits per heavy atom. The third kappa shape index (κ3) is 8.90. The molecular weight excluding hydrogens is 535 g/mol. The van der Waals surface area contributed by atoms with Crippen LogP contribution in [0.1, 0.15) is 24.0 Å². The van der Waals surface area contributed by atoms with Gasteiger partial charge in [-0.2, -0.15) is 0 Å². The quantitative estimate of drug-likeness (QED) is 0.197. The molecule has 3 rings (SSSR count). The van der Waals surface area contributed by atoms with E-state index in [0.29, 0.717) is 11.8 Å². The fourth-order valence-electron chi connectivity index (χ4n) is 3.18. The van der Waals surface area contributed by atoms with Gasteiger partial charge in [-0.05, 0) is 60.9 Å². The number of ether oxygens (including phenoxy) is 1. The molecule has 1 aliphatic rings. The molecule has 0 atom stereocenters. The highest BCUT2D eigenvalue weighted by Crippen LogP contribution is 2.19. The average molecular weight is 569 g/mol. The first-order valence-corrected chi connectivity index (χ1v) is 11.9. The van der Waals surface area contributed by atoms with E-state index in [2.05, 4.69) is 51.0 Å². The summed E-state index contributed by atoms with van der Waals surface area (Å²) in [5, 5.41) is 6.35. The van der Waals surface area contributed by atoms with Crippen molar-refractivity contribution < 1.29 is 9.53 Å². The molecule has 2 N–H and O–H groups in total. The molecule has 0 saturated heterocycles. The molecule has 0 heterocycles. The number of guanidine groups is 1. The van der Waals surface area contributed by atoms with E-state index < -0.39 is 0 Å². The SMILES string of the molecule is CN=C(NCCc1ccc(OCC(=O)NC2CC2)cc1)N(C)Cc1ccc(SC)cc1.I. The molecule has 0 unspecified atom stereocenters. The number of nitrogens with zero attached hydrogens (tertiary/aromatic N) is 2. The zero-order chi connectivity index (χ0) is 22.1. The minimum atomic E-state index is -0.0496. The Balaban J connectivity index is 0.00000363. The summed E-state index contributed by atoms with van der Waals surface area (Å²) < 4.78 is 5.56. The van der Waals surface area contributed by atoms with E-state index >= 15 is 0 Å². The topological polar surface area (TPSA) is 66.0 Å². The lowest BCUT2D eigenvalue weighted by Gasteiger charge is -2.22. The Morgan fingerprint density at radius 3 is 2.38 bits per heavy atom. The summed E-state index contributed by atoms with van der Waals surface area (Å²) in [4.78, 5) is 19.5. The van der Waals surface area contributed by atoms with E-state index in [1.165, 1.54) is 16.0 Å². The normalized spacial score (nSPS) is 13.2. The Hall–Kier alpha value is -1.94. The Bertz CT molecular complexity index is 871. The highest BCUT2D eigenvalue weighted by molar-refractivity contribution is 14.0. The molecule has 0 bridgehead atoms. The van der Waals surface area contributed by atoms with E-state index in [9.17, 15) is 4.79 Å². The van der Waals surface area contributed by atoms with Crippen LogP contribution in [-0.4, -0.2) is 56.3 Å². The fourth-order valence-corrected chi connectivity index (χ4v) is 3.59. The molecule has 174 valence electrons. The number of nitrogens with one attached hydrogen (secondary N) is 2. The zero-order valence-electron chi connectivity index (χ0n) is 19.0. The van der Waals surface area contributed by atoms with Crippen molar-refractivity contribution in [1.29, 1.82) is 0 Å². The van der Waals surface area contributed by atoms with Gasteiger partial charge in [-0.1, -0.05) is 24.3 Å². The maximum Gasteiger partial charge on any atom is 0.258 e. The van der Waals surface area contributed by atoms with Crippen molar-refractivity contribution in [3.63, 3.8) is 0 Å². The maximum atomic E-state index is 11.7. The van der Waals surface area contributed by atoms with Crippen molar-refractivity contribution in [2.75, 3.05) is 33.5 Å². The number of rotatable bonds is 10. The molecule has 0 spiro atoms. The number of hydrogen-bond donors (Lipinski definition) is 2. The minimum absolute atomic E-state index is 0. The van der Waals surface area contributed by atoms with Gasteiger partial charge in [0.2, 0.25) is 0 Å². The molecule has 0 aromatic heterocycles. The van der Waals surface area contributed by atoms with Crippen LogP contribution >= 0.6 is 35.7 Å². The lowest BCUT2D eigenvalue weighted by Crippen LogP contribution is -2.39. The molecule has 1 fully saturated rings. The van der Waals surface area contributed by atoms with Gasteiger partial charge < -0.3 is 20.3 Å². The number of carbonyl (C=O) groups is 1. The second-order valence-electron chi connectivity index (χ2n) is 7.70. The summed E-state index contributed by atoms with van der Waals surface area (Å²) in [6.45, 7) is 1.65. The van der Waals surface area contributed by atoms with Crippen molar-refractivity contribution in [3.8, 4) is 5.75 Å². The van der Waals surface area contributed by atoms with Gasteiger partial charge in [-0.3, -0.25) is 9.79 Å². The third-order valence-corrected chi connectivity index (χ3v) is 5.83. The van der Waals surface area contributed by atoms with Gasteiger partial charge in [0, 0.05) is 38.1 Å². The van der Waals surface area contributed by atoms with Crippen molar-refractivity contribution in [2.24, 2.45) is 4.99 Å². The highest BCUT2D eigenvalue weighted by atomic mass is 127. The summed E-state index contributed by atoms with van der Waals surface area (Å²) in [6.07, 6.45) is 5.12. The number of thioether (sulfide) groups is 1. The van der Waals surface area contributed by atoms with Gasteiger partial charge in [-0.15, -0.1) is 35.7 Å². The molecule has 32 heavy (non-hydrogen) atoms. The van der Waals surface area contributed by atoms with Gasteiger partial charge >= 0.3 is 0 Å². The number of halogens is 1. The second kappa shape index (κ2) is 13.6. The summed E-state index contributed by atoms with van der Waals surface area (Å²) >= 11 is 1.75. The van der Waals surface area contributed by atoms with E-state index in [1.54, 1.807) is 18.8 Å². The van der Waals surface area contributed by atoms with Crippen molar-refractivity contribution in [2.45, 2.75) is 36.7 Å². The maximum absolute atomic E-state index is 11.7. The molecule has 2 aromatic carbocycles. The number of aliphatic imine (C=N–C) groups is 1. The first kappa shape index (κ1) is 26.3. The monoisotopic (exact) mass is 568 g/mol. The predicted octanol–water partition coefficient (Wildman–Crippen LogP) is 3.93. The standard InChI is InChI=1S/C24H32N4O2S.HI/c1-25-24(28(2)16-19-6-12-22(31-3)13-7-19)26-15-14-18-4-10-21(11-5-18)30-17-23(29)27-20-8-9-20;/h4-7,10-13,20H,8-9,14-17H2,1-3H3,(H,25,26)(H,27,29);1H. The summed E-state index contributed by atoms with van der Waals surface area (Å²) in [6, 6.07) is 16.9. The van der Waals surface area contributed by atoms with Gasteiger partial charge in [0.15, 0.2) is 12.6 Å². The van der Waals surface area contributed by atoms with Crippen LogP contribution in [0.5, 0.6) is 5.75 Å². The lowest BCUT2D eigenvalue weighted by molar-refractivity contribution is -0.123. The first-order valence-electron chi connectivity index (χ1n) is 10.6. The molecule has 0 radical (unpaired) electrons. The molecular formula is C24H33IN4O2S. The van der Waals surface area contributed by atoms with E-state index in [1.807, 2.05) is 31.3 Å². The Kier molecular flexibility index (Phi) is 11.2. The lowest BCUT2D eigenvalue weighted by atomic mass is 10.1. The smallest absolute Gasteiger partial charge is 0.258 e.